The number of rotatable bonds is 5. The standard InChI is InChI=1S/C21H22N2O5/c1-26-18-7-8-19(27-2)20-16(18)11-23(12-17(20)24)10-13-5-4-6-14(15(13)9-22)21(25)28-3/h4-8,17,24H,10-12H2,1-3H3/t17-/m1/s1. The molecule has 146 valence electrons. The van der Waals surface area contributed by atoms with E-state index in [1.165, 1.54) is 7.11 Å². The molecule has 2 aromatic rings. The van der Waals surface area contributed by atoms with Crippen LogP contribution in [0.15, 0.2) is 30.3 Å². The van der Waals surface area contributed by atoms with Gasteiger partial charge in [-0.05, 0) is 23.8 Å². The van der Waals surface area contributed by atoms with E-state index in [1.54, 1.807) is 38.5 Å². The van der Waals surface area contributed by atoms with E-state index in [9.17, 15) is 15.2 Å². The van der Waals surface area contributed by atoms with Gasteiger partial charge in [0, 0.05) is 30.8 Å². The van der Waals surface area contributed by atoms with Crippen LogP contribution < -0.4 is 9.47 Å². The van der Waals surface area contributed by atoms with Gasteiger partial charge in [0.25, 0.3) is 0 Å². The first-order valence-electron chi connectivity index (χ1n) is 8.78. The number of benzene rings is 2. The van der Waals surface area contributed by atoms with Crippen LogP contribution in [0.3, 0.4) is 0 Å². The molecule has 3 rings (SSSR count). The summed E-state index contributed by atoms with van der Waals surface area (Å²) in [6.45, 7) is 1.27. The van der Waals surface area contributed by atoms with Gasteiger partial charge in [0.05, 0.1) is 38.6 Å². The van der Waals surface area contributed by atoms with Crippen LogP contribution in [-0.4, -0.2) is 43.8 Å². The van der Waals surface area contributed by atoms with Gasteiger partial charge in [-0.15, -0.1) is 0 Å². The molecule has 0 fully saturated rings. The third kappa shape index (κ3) is 3.52. The number of nitriles is 1. The lowest BCUT2D eigenvalue weighted by atomic mass is 9.94. The fourth-order valence-electron chi connectivity index (χ4n) is 3.65. The van der Waals surface area contributed by atoms with Crippen molar-refractivity contribution in [1.82, 2.24) is 4.90 Å². The summed E-state index contributed by atoms with van der Waals surface area (Å²) in [4.78, 5) is 14.0. The van der Waals surface area contributed by atoms with Gasteiger partial charge in [-0.25, -0.2) is 4.79 Å². The van der Waals surface area contributed by atoms with E-state index in [1.807, 2.05) is 11.0 Å². The lowest BCUT2D eigenvalue weighted by Crippen LogP contribution is -2.34. The summed E-state index contributed by atoms with van der Waals surface area (Å²) in [7, 11) is 4.44. The number of nitrogens with zero attached hydrogens (tertiary/aromatic N) is 2. The molecule has 1 aliphatic heterocycles. The first-order chi connectivity index (χ1) is 13.5. The van der Waals surface area contributed by atoms with Crippen LogP contribution in [0.2, 0.25) is 0 Å². The van der Waals surface area contributed by atoms with E-state index >= 15 is 0 Å². The normalized spacial score (nSPS) is 16.0. The molecule has 0 bridgehead atoms. The molecule has 0 spiro atoms. The topological polar surface area (TPSA) is 92.0 Å². The van der Waals surface area contributed by atoms with Crippen molar-refractivity contribution in [3.63, 3.8) is 0 Å². The van der Waals surface area contributed by atoms with Crippen molar-refractivity contribution in [2.24, 2.45) is 0 Å². The van der Waals surface area contributed by atoms with Crippen LogP contribution >= 0.6 is 0 Å². The highest BCUT2D eigenvalue weighted by Crippen LogP contribution is 2.39. The number of aliphatic hydroxyl groups is 1. The molecule has 28 heavy (non-hydrogen) atoms. The number of carbonyl (C=O) groups excluding carboxylic acids is 1. The van der Waals surface area contributed by atoms with Gasteiger partial charge in [0.1, 0.15) is 17.6 Å². The van der Waals surface area contributed by atoms with Crippen LogP contribution in [-0.2, 0) is 17.8 Å². The minimum Gasteiger partial charge on any atom is -0.496 e. The third-order valence-corrected chi connectivity index (χ3v) is 4.92. The smallest absolute Gasteiger partial charge is 0.339 e. The van der Waals surface area contributed by atoms with E-state index in [-0.39, 0.29) is 11.1 Å². The van der Waals surface area contributed by atoms with E-state index in [2.05, 4.69) is 6.07 Å². The Bertz CT molecular complexity index is 935. The van der Waals surface area contributed by atoms with Gasteiger partial charge in [-0.3, -0.25) is 4.90 Å². The average molecular weight is 382 g/mol. The number of hydrogen-bond donors (Lipinski definition) is 1. The number of fused-ring (bicyclic) bond motifs is 1. The van der Waals surface area contributed by atoms with Gasteiger partial charge in [0.2, 0.25) is 0 Å². The predicted octanol–water partition coefficient (Wildman–Crippen LogP) is 2.41. The second-order valence-electron chi connectivity index (χ2n) is 6.49. The Balaban J connectivity index is 1.95. The van der Waals surface area contributed by atoms with Crippen LogP contribution in [0.1, 0.15) is 38.7 Å². The number of carbonyl (C=O) groups is 1. The SMILES string of the molecule is COC(=O)c1cccc(CN2Cc3c(OC)ccc(OC)c3[C@H](O)C2)c1C#N. The zero-order valence-electron chi connectivity index (χ0n) is 16.1. The Morgan fingerprint density at radius 1 is 1.21 bits per heavy atom. The maximum absolute atomic E-state index is 11.9. The summed E-state index contributed by atoms with van der Waals surface area (Å²) in [6, 6.07) is 10.8. The molecule has 7 heteroatoms. The van der Waals surface area contributed by atoms with Crippen molar-refractivity contribution < 1.29 is 24.1 Å². The Labute approximate surface area is 163 Å². The molecule has 1 aliphatic rings. The zero-order valence-corrected chi connectivity index (χ0v) is 16.1. The van der Waals surface area contributed by atoms with Crippen molar-refractivity contribution in [3.05, 3.63) is 58.1 Å². The van der Waals surface area contributed by atoms with Crippen molar-refractivity contribution in [2.75, 3.05) is 27.9 Å². The first kappa shape index (κ1) is 19.7. The van der Waals surface area contributed by atoms with Crippen molar-refractivity contribution in [2.45, 2.75) is 19.2 Å². The second-order valence-corrected chi connectivity index (χ2v) is 6.49. The number of methoxy groups -OCH3 is 3. The molecule has 2 aromatic carbocycles. The van der Waals surface area contributed by atoms with Gasteiger partial charge in [0.15, 0.2) is 0 Å². The minimum absolute atomic E-state index is 0.236. The highest BCUT2D eigenvalue weighted by atomic mass is 16.5. The summed E-state index contributed by atoms with van der Waals surface area (Å²) in [6.07, 6.45) is -0.761. The van der Waals surface area contributed by atoms with Gasteiger partial charge >= 0.3 is 5.97 Å². The molecule has 0 saturated heterocycles. The highest BCUT2D eigenvalue weighted by Gasteiger charge is 2.30. The molecule has 7 nitrogen and oxygen atoms in total. The highest BCUT2D eigenvalue weighted by molar-refractivity contribution is 5.92. The van der Waals surface area contributed by atoms with E-state index in [0.29, 0.717) is 36.7 Å². The zero-order chi connectivity index (χ0) is 20.3. The molecular weight excluding hydrogens is 360 g/mol. The van der Waals surface area contributed by atoms with E-state index in [0.717, 1.165) is 11.1 Å². The van der Waals surface area contributed by atoms with E-state index in [4.69, 9.17) is 14.2 Å². The molecule has 0 saturated carbocycles. The monoisotopic (exact) mass is 382 g/mol. The van der Waals surface area contributed by atoms with Gasteiger partial charge in [-0.1, -0.05) is 12.1 Å². The number of aliphatic hydroxyl groups excluding tert-OH is 1. The molecule has 0 unspecified atom stereocenters. The van der Waals surface area contributed by atoms with Crippen molar-refractivity contribution in [3.8, 4) is 17.6 Å². The summed E-state index contributed by atoms with van der Waals surface area (Å²) < 4.78 is 15.6. The molecule has 1 heterocycles. The van der Waals surface area contributed by atoms with Crippen molar-refractivity contribution >= 4 is 5.97 Å². The largest absolute Gasteiger partial charge is 0.496 e. The van der Waals surface area contributed by atoms with Crippen molar-refractivity contribution in [1.29, 1.82) is 5.26 Å². The first-order valence-corrected chi connectivity index (χ1v) is 8.78. The van der Waals surface area contributed by atoms with Crippen LogP contribution in [0.4, 0.5) is 0 Å². The maximum atomic E-state index is 11.9. The van der Waals surface area contributed by atoms with E-state index < -0.39 is 12.1 Å². The molecule has 0 aliphatic carbocycles. The molecule has 1 atom stereocenters. The minimum atomic E-state index is -0.761. The van der Waals surface area contributed by atoms with Crippen LogP contribution in [0, 0.1) is 11.3 Å². The van der Waals surface area contributed by atoms with Gasteiger partial charge in [-0.2, -0.15) is 5.26 Å². The third-order valence-electron chi connectivity index (χ3n) is 4.92. The number of esters is 1. The lowest BCUT2D eigenvalue weighted by Gasteiger charge is -2.34. The Morgan fingerprint density at radius 2 is 1.93 bits per heavy atom. The molecular formula is C21H22N2O5. The second kappa shape index (κ2) is 8.30. The summed E-state index contributed by atoms with van der Waals surface area (Å²) in [5.74, 6) is 0.741. The molecule has 0 amide bonds. The fraction of sp³-hybridized carbons (Fsp3) is 0.333. The fourth-order valence-corrected chi connectivity index (χ4v) is 3.65. The average Bonchev–Trinajstić information content (AvgIpc) is 2.72. The maximum Gasteiger partial charge on any atom is 0.339 e. The molecule has 0 aromatic heterocycles. The quantitative estimate of drug-likeness (QED) is 0.794. The Morgan fingerprint density at radius 3 is 2.57 bits per heavy atom. The Kier molecular flexibility index (Phi) is 5.83. The summed E-state index contributed by atoms with van der Waals surface area (Å²) in [5, 5.41) is 20.3. The molecule has 1 N–H and O–H groups in total. The summed E-state index contributed by atoms with van der Waals surface area (Å²) >= 11 is 0. The lowest BCUT2D eigenvalue weighted by molar-refractivity contribution is 0.0599. The van der Waals surface area contributed by atoms with Crippen LogP contribution in [0.25, 0.3) is 0 Å². The number of hydrogen-bond acceptors (Lipinski definition) is 7. The number of β-amino-alcohol motifs (C(OH)–C–C–N with tert-alkyl or cyclic N) is 1. The van der Waals surface area contributed by atoms with Crippen LogP contribution in [0.5, 0.6) is 11.5 Å². The summed E-state index contributed by atoms with van der Waals surface area (Å²) in [5.41, 5.74) is 2.79. The predicted molar refractivity (Wildman–Crippen MR) is 101 cm³/mol. The molecule has 0 radical (unpaired) electrons. The number of ether oxygens (including phenoxy) is 3. The van der Waals surface area contributed by atoms with Gasteiger partial charge < -0.3 is 19.3 Å². The Hall–Kier alpha value is -3.08.